The van der Waals surface area contributed by atoms with E-state index in [1.165, 1.54) is 0 Å². The summed E-state index contributed by atoms with van der Waals surface area (Å²) in [6.07, 6.45) is -63.7. The van der Waals surface area contributed by atoms with E-state index >= 15 is 0 Å². The van der Waals surface area contributed by atoms with Crippen molar-refractivity contribution in [1.29, 1.82) is 0 Å². The third kappa shape index (κ3) is 13.9. The minimum Gasteiger partial charge on any atom is -0.387 e. The molecule has 0 aliphatic carbocycles. The standard InChI is InChI=1S/C56H96O32/c1-9-17-41-25(57)33(65)49(73-17)82-42-18(10-2)75-51(35(67)27(42)59)84-44-20(12-4)77-53(37(69)29(44)61)86-46-22(14-6)79-55(39(71)31(46)63)88-48-24(16-8)80-56(40(72)32(48)64)87-47-23(15-7)78-54(38(70)30(47)62)85-45-21(13-5)76-52(36(68)28(45)60)83-43-19(11-3)74-50(81-41)34(66)26(43)58/h17-72H,9-16H2,1-8H3/t17?,18?,19?,20?,21?,22?,23?,24?,25-,26-,27-,28-,29-,30-,31-,32-,33+,34?,35?,36?,37?,38?,39?,40?,41-,42-,43-,44-,45-,46-,47-,48-,49?,50-,51-,52-,53+,54-,55-,56-/m1/s1. The summed E-state index contributed by atoms with van der Waals surface area (Å²) in [5, 5.41) is 186. The first-order valence-electron chi connectivity index (χ1n) is 31.3. The molecule has 40 atom stereocenters. The molecule has 30 aliphatic rings. The zero-order valence-corrected chi connectivity index (χ0v) is 50.4. The highest BCUT2D eigenvalue weighted by atomic mass is 16.8. The summed E-state index contributed by atoms with van der Waals surface area (Å²) in [5.74, 6) is 0. The van der Waals surface area contributed by atoms with Crippen LogP contribution in [0.2, 0.25) is 0 Å². The van der Waals surface area contributed by atoms with Crippen LogP contribution in [0.5, 0.6) is 0 Å². The van der Waals surface area contributed by atoms with Gasteiger partial charge in [0.15, 0.2) is 50.3 Å². The highest BCUT2D eigenvalue weighted by Crippen LogP contribution is 2.41. The van der Waals surface area contributed by atoms with Crippen molar-refractivity contribution in [2.75, 3.05) is 0 Å². The van der Waals surface area contributed by atoms with Gasteiger partial charge in [-0.3, -0.25) is 0 Å². The molecule has 0 aromatic carbocycles. The predicted molar refractivity (Wildman–Crippen MR) is 287 cm³/mol. The molecule has 88 heavy (non-hydrogen) atoms. The van der Waals surface area contributed by atoms with Crippen molar-refractivity contribution < 1.29 is 157 Å². The highest BCUT2D eigenvalue weighted by Gasteiger charge is 2.60. The van der Waals surface area contributed by atoms with Crippen molar-refractivity contribution in [3.8, 4) is 0 Å². The molecule has 30 heterocycles. The predicted octanol–water partition coefficient (Wildman–Crippen LogP) is -6.06. The third-order valence-electron chi connectivity index (χ3n) is 18.7. The van der Waals surface area contributed by atoms with Gasteiger partial charge in [-0.15, -0.1) is 0 Å². The fourth-order valence-electron chi connectivity index (χ4n) is 13.4. The molecule has 16 unspecified atom stereocenters. The largest absolute Gasteiger partial charge is 0.387 e. The van der Waals surface area contributed by atoms with Crippen LogP contribution in [0.15, 0.2) is 0 Å². The molecule has 32 nitrogen and oxygen atoms in total. The van der Waals surface area contributed by atoms with Crippen LogP contribution in [0.1, 0.15) is 107 Å². The van der Waals surface area contributed by atoms with Crippen LogP contribution in [0.3, 0.4) is 0 Å². The van der Waals surface area contributed by atoms with Crippen molar-refractivity contribution in [3.05, 3.63) is 0 Å². The van der Waals surface area contributed by atoms with Gasteiger partial charge in [-0.2, -0.15) is 0 Å². The molecular formula is C56H96O32. The maximum Gasteiger partial charge on any atom is 0.187 e. The minimum atomic E-state index is -1.92. The molecule has 30 rings (SSSR count). The van der Waals surface area contributed by atoms with E-state index in [0.29, 0.717) is 0 Å². The number of ether oxygens (including phenoxy) is 16. The van der Waals surface area contributed by atoms with E-state index < -0.39 is 246 Å². The minimum absolute atomic E-state index is 0.0886. The Balaban J connectivity index is 0.975. The summed E-state index contributed by atoms with van der Waals surface area (Å²) in [5.41, 5.74) is 0. The van der Waals surface area contributed by atoms with Crippen LogP contribution < -0.4 is 0 Å². The van der Waals surface area contributed by atoms with E-state index in [4.69, 9.17) is 75.8 Å². The summed E-state index contributed by atoms with van der Waals surface area (Å²) in [6, 6.07) is 0. The lowest BCUT2D eigenvalue weighted by Gasteiger charge is -2.51. The lowest BCUT2D eigenvalue weighted by Crippen LogP contribution is -2.68. The first-order chi connectivity index (χ1) is 41.9. The van der Waals surface area contributed by atoms with Crippen LogP contribution in [-0.2, 0) is 75.8 Å². The molecule has 16 N–H and O–H groups in total. The first-order valence-corrected chi connectivity index (χ1v) is 31.3. The van der Waals surface area contributed by atoms with Crippen LogP contribution >= 0.6 is 0 Å². The van der Waals surface area contributed by atoms with Crippen LogP contribution in [0.25, 0.3) is 0 Å². The fourth-order valence-corrected chi connectivity index (χ4v) is 13.4. The Morgan fingerprint density at radius 2 is 0.239 bits per heavy atom. The van der Waals surface area contributed by atoms with E-state index in [9.17, 15) is 81.7 Å². The normalized spacial score (nSPS) is 55.4. The fraction of sp³-hybridized carbons (Fsp3) is 1.00. The quantitative estimate of drug-likeness (QED) is 0.108. The van der Waals surface area contributed by atoms with Gasteiger partial charge in [0.1, 0.15) is 146 Å². The van der Waals surface area contributed by atoms with E-state index in [0.717, 1.165) is 0 Å². The topological polar surface area (TPSA) is 471 Å². The Morgan fingerprint density at radius 3 is 0.318 bits per heavy atom. The van der Waals surface area contributed by atoms with Crippen molar-refractivity contribution in [2.45, 2.75) is 352 Å². The van der Waals surface area contributed by atoms with Gasteiger partial charge in [0, 0.05) is 0 Å². The smallest absolute Gasteiger partial charge is 0.187 e. The second-order valence-electron chi connectivity index (χ2n) is 24.3. The SMILES string of the molecule is CCC1OC2O[C@@H]3C(CC)O[C@H](O[C@@H]4C(CC)O[C@@H](O[C@@H]5C(CC)O[C@H](O[C@@H]6C(CC)O[C@H](O[C@@H]7C(CC)O[C@H](O[C@@H]8C(CC)O[C@H](O[C@@H]9C(CC)O[C@H](O[C@H]1[C@H](O)[C@@H]2O)C(O)[C@H]9O)C(O)[C@H]8O)C(O)[C@H]7O)C(O)[C@H]6O)C(O)[C@H]5O)C(O)[C@H]4O)C(O)[C@H]3O. The van der Waals surface area contributed by atoms with Gasteiger partial charge >= 0.3 is 0 Å². The zero-order valence-electron chi connectivity index (χ0n) is 50.4. The zero-order chi connectivity index (χ0) is 64.1. The molecule has 0 amide bonds. The van der Waals surface area contributed by atoms with Crippen LogP contribution in [-0.4, -0.2) is 327 Å². The molecule has 0 spiro atoms. The summed E-state index contributed by atoms with van der Waals surface area (Å²) in [6.45, 7) is 13.2. The van der Waals surface area contributed by atoms with E-state index in [1.54, 1.807) is 55.4 Å². The summed E-state index contributed by atoms with van der Waals surface area (Å²) >= 11 is 0. The van der Waals surface area contributed by atoms with Gasteiger partial charge in [-0.25, -0.2) is 0 Å². The Morgan fingerprint density at radius 1 is 0.148 bits per heavy atom. The maximum absolute atomic E-state index is 11.7. The number of aliphatic hydroxyl groups is 16. The maximum atomic E-state index is 11.7. The number of aliphatic hydroxyl groups excluding tert-OH is 16. The van der Waals surface area contributed by atoms with Gasteiger partial charge in [-0.1, -0.05) is 55.4 Å². The Hall–Kier alpha value is -1.28. The second kappa shape index (κ2) is 30.2. The summed E-state index contributed by atoms with van der Waals surface area (Å²) in [7, 11) is 0. The van der Waals surface area contributed by atoms with Gasteiger partial charge < -0.3 is 157 Å². The van der Waals surface area contributed by atoms with E-state index in [-0.39, 0.29) is 51.4 Å². The Bertz CT molecular complexity index is 1700. The van der Waals surface area contributed by atoms with Crippen molar-refractivity contribution >= 4 is 0 Å². The van der Waals surface area contributed by atoms with Gasteiger partial charge in [0.05, 0.1) is 48.8 Å². The summed E-state index contributed by atoms with van der Waals surface area (Å²) < 4.78 is 97.9. The second-order valence-corrected chi connectivity index (χ2v) is 24.3. The molecular weight excluding hydrogens is 1180 g/mol. The third-order valence-corrected chi connectivity index (χ3v) is 18.7. The molecule has 30 aliphatic heterocycles. The Kier molecular flexibility index (Phi) is 24.4. The molecule has 0 radical (unpaired) electrons. The van der Waals surface area contributed by atoms with Gasteiger partial charge in [-0.05, 0) is 51.4 Å². The lowest BCUT2D eigenvalue weighted by molar-refractivity contribution is -0.401. The monoisotopic (exact) mass is 1280 g/mol. The van der Waals surface area contributed by atoms with Crippen molar-refractivity contribution in [1.82, 2.24) is 0 Å². The average molecular weight is 1280 g/mol. The van der Waals surface area contributed by atoms with E-state index in [2.05, 4.69) is 0 Å². The van der Waals surface area contributed by atoms with Crippen molar-refractivity contribution in [3.63, 3.8) is 0 Å². The van der Waals surface area contributed by atoms with Crippen molar-refractivity contribution in [2.24, 2.45) is 0 Å². The number of hydrogen-bond acceptors (Lipinski definition) is 32. The number of hydrogen-bond donors (Lipinski definition) is 16. The van der Waals surface area contributed by atoms with Gasteiger partial charge in [0.2, 0.25) is 0 Å². The molecule has 32 heteroatoms. The molecule has 30 saturated heterocycles. The molecule has 0 aromatic heterocycles. The summed E-state index contributed by atoms with van der Waals surface area (Å²) in [4.78, 5) is 0. The number of rotatable bonds is 8. The lowest BCUT2D eigenvalue weighted by atomic mass is 9.93. The molecule has 0 aromatic rings. The van der Waals surface area contributed by atoms with E-state index in [1.807, 2.05) is 0 Å². The van der Waals surface area contributed by atoms with Crippen LogP contribution in [0.4, 0.5) is 0 Å². The average Bonchev–Trinajstić information content (AvgIpc) is 0.985. The van der Waals surface area contributed by atoms with Crippen LogP contribution in [0, 0.1) is 0 Å². The molecule has 16 bridgehead atoms. The first kappa shape index (κ1) is 71.0. The highest BCUT2D eigenvalue weighted by molar-refractivity contribution is 5.02. The van der Waals surface area contributed by atoms with Gasteiger partial charge in [0.25, 0.3) is 0 Å². The molecule has 30 fully saturated rings. The molecule has 512 valence electrons. The molecule has 0 saturated carbocycles. The Labute approximate surface area is 508 Å².